The minimum atomic E-state index is -4.64. The first-order valence-corrected chi connectivity index (χ1v) is 4.84. The highest BCUT2D eigenvalue weighted by molar-refractivity contribution is 9.11. The van der Waals surface area contributed by atoms with E-state index in [1.54, 1.807) is 12.1 Å². The molecule has 0 amide bonds. The molecule has 0 saturated carbocycles. The Hall–Kier alpha value is -0.970. The molecule has 1 rings (SSSR count). The summed E-state index contributed by atoms with van der Waals surface area (Å²) < 4.78 is 39.9. The molecule has 15 heavy (non-hydrogen) atoms. The predicted molar refractivity (Wildman–Crippen MR) is 54.9 cm³/mol. The van der Waals surface area contributed by atoms with E-state index >= 15 is 0 Å². The Bertz CT molecular complexity index is 343. The molecule has 0 aromatic heterocycles. The van der Waals surface area contributed by atoms with Crippen molar-refractivity contribution in [3.8, 4) is 5.75 Å². The van der Waals surface area contributed by atoms with Crippen molar-refractivity contribution in [3.05, 3.63) is 40.9 Å². The maximum absolute atomic E-state index is 11.8. The summed E-state index contributed by atoms with van der Waals surface area (Å²) in [7, 11) is 0. The number of allylic oxidation sites excluding steroid dienone is 1. The average Bonchev–Trinajstić information content (AvgIpc) is 2.05. The SMILES string of the molecule is C=C(Br)Cc1ccc(OC(F)(F)F)cc1. The van der Waals surface area contributed by atoms with Crippen molar-refractivity contribution in [2.45, 2.75) is 12.8 Å². The molecule has 0 aliphatic rings. The third-order valence-electron chi connectivity index (χ3n) is 1.55. The van der Waals surface area contributed by atoms with Crippen molar-refractivity contribution < 1.29 is 17.9 Å². The standard InChI is InChI=1S/C10H8BrF3O/c1-7(11)6-8-2-4-9(5-3-8)15-10(12,13)14/h2-5H,1,6H2. The summed E-state index contributed by atoms with van der Waals surface area (Å²) in [4.78, 5) is 0. The van der Waals surface area contributed by atoms with Gasteiger partial charge in [0.15, 0.2) is 0 Å². The molecule has 0 spiro atoms. The quantitative estimate of drug-likeness (QED) is 0.812. The predicted octanol–water partition coefficient (Wildman–Crippen LogP) is 4.04. The first-order valence-electron chi connectivity index (χ1n) is 4.05. The summed E-state index contributed by atoms with van der Waals surface area (Å²) in [5.74, 6) is -0.216. The number of ether oxygens (including phenoxy) is 1. The van der Waals surface area contributed by atoms with Gasteiger partial charge in [-0.3, -0.25) is 0 Å². The van der Waals surface area contributed by atoms with E-state index in [4.69, 9.17) is 0 Å². The number of halogens is 4. The van der Waals surface area contributed by atoms with E-state index < -0.39 is 6.36 Å². The Kier molecular flexibility index (Phi) is 3.79. The molecule has 1 aromatic carbocycles. The van der Waals surface area contributed by atoms with Gasteiger partial charge in [0, 0.05) is 6.42 Å². The van der Waals surface area contributed by atoms with Crippen molar-refractivity contribution in [1.82, 2.24) is 0 Å². The minimum Gasteiger partial charge on any atom is -0.406 e. The molecule has 82 valence electrons. The maximum Gasteiger partial charge on any atom is 0.573 e. The summed E-state index contributed by atoms with van der Waals surface area (Å²) >= 11 is 3.17. The lowest BCUT2D eigenvalue weighted by molar-refractivity contribution is -0.274. The molecule has 0 aliphatic heterocycles. The van der Waals surface area contributed by atoms with E-state index in [9.17, 15) is 13.2 Å². The topological polar surface area (TPSA) is 9.23 Å². The van der Waals surface area contributed by atoms with Crippen LogP contribution in [0.1, 0.15) is 5.56 Å². The van der Waals surface area contributed by atoms with Crippen molar-refractivity contribution in [2.75, 3.05) is 0 Å². The Balaban J connectivity index is 2.68. The monoisotopic (exact) mass is 280 g/mol. The Morgan fingerprint density at radius 1 is 1.27 bits per heavy atom. The Morgan fingerprint density at radius 2 is 1.80 bits per heavy atom. The average molecular weight is 281 g/mol. The first-order chi connectivity index (χ1) is 6.87. The molecule has 0 fully saturated rings. The fourth-order valence-corrected chi connectivity index (χ4v) is 1.35. The molecule has 0 radical (unpaired) electrons. The van der Waals surface area contributed by atoms with Crippen LogP contribution in [0.15, 0.2) is 35.3 Å². The van der Waals surface area contributed by atoms with Crippen LogP contribution >= 0.6 is 15.9 Å². The second-order valence-corrected chi connectivity index (χ2v) is 4.01. The molecule has 0 unspecified atom stereocenters. The van der Waals surface area contributed by atoms with Crippen molar-refractivity contribution in [3.63, 3.8) is 0 Å². The van der Waals surface area contributed by atoms with Crippen LogP contribution in [0.4, 0.5) is 13.2 Å². The first kappa shape index (κ1) is 12.1. The number of hydrogen-bond donors (Lipinski definition) is 0. The van der Waals surface area contributed by atoms with Gasteiger partial charge in [-0.05, 0) is 22.2 Å². The van der Waals surface area contributed by atoms with Crippen LogP contribution < -0.4 is 4.74 Å². The molecule has 0 bridgehead atoms. The smallest absolute Gasteiger partial charge is 0.406 e. The van der Waals surface area contributed by atoms with Crippen LogP contribution in [0.2, 0.25) is 0 Å². The molecule has 1 aromatic rings. The number of alkyl halides is 3. The van der Waals surface area contributed by atoms with Gasteiger partial charge in [0.1, 0.15) is 5.75 Å². The lowest BCUT2D eigenvalue weighted by atomic mass is 10.1. The maximum atomic E-state index is 11.8. The Morgan fingerprint density at radius 3 is 2.20 bits per heavy atom. The van der Waals surface area contributed by atoms with Gasteiger partial charge in [0.25, 0.3) is 0 Å². The molecular weight excluding hydrogens is 273 g/mol. The summed E-state index contributed by atoms with van der Waals surface area (Å²) in [6.07, 6.45) is -4.06. The van der Waals surface area contributed by atoms with E-state index in [0.29, 0.717) is 6.42 Å². The van der Waals surface area contributed by atoms with Gasteiger partial charge in [-0.15, -0.1) is 13.2 Å². The van der Waals surface area contributed by atoms with Crippen LogP contribution in [0.5, 0.6) is 5.75 Å². The lowest BCUT2D eigenvalue weighted by Crippen LogP contribution is -2.17. The van der Waals surface area contributed by atoms with Crippen LogP contribution in [0, 0.1) is 0 Å². The fourth-order valence-electron chi connectivity index (χ4n) is 1.03. The van der Waals surface area contributed by atoms with Crippen molar-refractivity contribution in [2.24, 2.45) is 0 Å². The van der Waals surface area contributed by atoms with Gasteiger partial charge in [0.2, 0.25) is 0 Å². The minimum absolute atomic E-state index is 0.216. The highest BCUT2D eigenvalue weighted by Gasteiger charge is 2.30. The largest absolute Gasteiger partial charge is 0.573 e. The Labute approximate surface area is 93.7 Å². The van der Waals surface area contributed by atoms with E-state index in [2.05, 4.69) is 27.2 Å². The molecule has 0 heterocycles. The van der Waals surface area contributed by atoms with Gasteiger partial charge >= 0.3 is 6.36 Å². The van der Waals surface area contributed by atoms with E-state index in [1.807, 2.05) is 0 Å². The summed E-state index contributed by atoms with van der Waals surface area (Å²) in [5.41, 5.74) is 0.867. The molecule has 0 atom stereocenters. The van der Waals surface area contributed by atoms with Gasteiger partial charge < -0.3 is 4.74 Å². The second kappa shape index (κ2) is 4.70. The zero-order chi connectivity index (χ0) is 11.5. The third-order valence-corrected chi connectivity index (χ3v) is 1.83. The molecule has 0 N–H and O–H groups in total. The van der Waals surface area contributed by atoms with Crippen molar-refractivity contribution in [1.29, 1.82) is 0 Å². The third kappa shape index (κ3) is 4.88. The van der Waals surface area contributed by atoms with Crippen molar-refractivity contribution >= 4 is 15.9 Å². The van der Waals surface area contributed by atoms with Gasteiger partial charge in [0.05, 0.1) is 0 Å². The molecule has 1 nitrogen and oxygen atoms in total. The van der Waals surface area contributed by atoms with E-state index in [-0.39, 0.29) is 5.75 Å². The highest BCUT2D eigenvalue weighted by atomic mass is 79.9. The van der Waals surface area contributed by atoms with Gasteiger partial charge in [-0.1, -0.05) is 34.6 Å². The molecule has 0 saturated heterocycles. The van der Waals surface area contributed by atoms with E-state index in [0.717, 1.165) is 10.0 Å². The molecular formula is C10H8BrF3O. The fraction of sp³-hybridized carbons (Fsp3) is 0.200. The van der Waals surface area contributed by atoms with Crippen LogP contribution in [-0.4, -0.2) is 6.36 Å². The van der Waals surface area contributed by atoms with Gasteiger partial charge in [-0.2, -0.15) is 0 Å². The highest BCUT2D eigenvalue weighted by Crippen LogP contribution is 2.23. The molecule has 5 heteroatoms. The van der Waals surface area contributed by atoms with Crippen LogP contribution in [-0.2, 0) is 6.42 Å². The summed E-state index contributed by atoms with van der Waals surface area (Å²) in [6, 6.07) is 5.68. The summed E-state index contributed by atoms with van der Waals surface area (Å²) in [5, 5.41) is 0. The van der Waals surface area contributed by atoms with Gasteiger partial charge in [-0.25, -0.2) is 0 Å². The molecule has 0 aliphatic carbocycles. The zero-order valence-corrected chi connectivity index (χ0v) is 9.23. The second-order valence-electron chi connectivity index (χ2n) is 2.89. The van der Waals surface area contributed by atoms with Crippen LogP contribution in [0.25, 0.3) is 0 Å². The number of rotatable bonds is 3. The normalized spacial score (nSPS) is 11.2. The zero-order valence-electron chi connectivity index (χ0n) is 7.64. The summed E-state index contributed by atoms with van der Waals surface area (Å²) in [6.45, 7) is 3.64. The van der Waals surface area contributed by atoms with E-state index in [1.165, 1.54) is 12.1 Å². The number of hydrogen-bond acceptors (Lipinski definition) is 1. The lowest BCUT2D eigenvalue weighted by Gasteiger charge is -2.08. The van der Waals surface area contributed by atoms with Crippen LogP contribution in [0.3, 0.4) is 0 Å². The number of benzene rings is 1.